The Balaban J connectivity index is 1.48. The number of hydrogen-bond donors (Lipinski definition) is 3. The minimum atomic E-state index is -0.911. The minimum Gasteiger partial charge on any atom is -0.484 e. The van der Waals surface area contributed by atoms with Crippen molar-refractivity contribution in [3.63, 3.8) is 0 Å². The van der Waals surface area contributed by atoms with Crippen molar-refractivity contribution in [2.45, 2.75) is 13.3 Å². The van der Waals surface area contributed by atoms with Gasteiger partial charge in [0.05, 0.1) is 6.21 Å². The molecule has 3 rings (SSSR count). The number of halogens is 2. The smallest absolute Gasteiger partial charge is 0.329 e. The van der Waals surface area contributed by atoms with Gasteiger partial charge in [0.2, 0.25) is 0 Å². The van der Waals surface area contributed by atoms with Crippen molar-refractivity contribution in [1.82, 2.24) is 5.43 Å². The highest BCUT2D eigenvalue weighted by Crippen LogP contribution is 2.22. The molecule has 0 unspecified atom stereocenters. The summed E-state index contributed by atoms with van der Waals surface area (Å²) < 4.78 is 5.50. The second-order valence-electron chi connectivity index (χ2n) is 7.27. The van der Waals surface area contributed by atoms with E-state index >= 15 is 0 Å². The lowest BCUT2D eigenvalue weighted by atomic mass is 10.1. The van der Waals surface area contributed by atoms with Crippen molar-refractivity contribution in [2.75, 3.05) is 17.2 Å². The number of ether oxygens (including phenoxy) is 1. The van der Waals surface area contributed by atoms with Crippen LogP contribution in [0.15, 0.2) is 71.8 Å². The Morgan fingerprint density at radius 1 is 0.886 bits per heavy atom. The molecule has 0 saturated carbocycles. The maximum atomic E-state index is 12.1. The molecule has 0 aliphatic heterocycles. The first-order valence-corrected chi connectivity index (χ1v) is 11.3. The van der Waals surface area contributed by atoms with Gasteiger partial charge in [-0.25, -0.2) is 5.43 Å². The third-order valence-electron chi connectivity index (χ3n) is 4.58. The summed E-state index contributed by atoms with van der Waals surface area (Å²) in [5.74, 6) is -1.74. The zero-order valence-corrected chi connectivity index (χ0v) is 20.2. The molecule has 3 amide bonds. The highest BCUT2D eigenvalue weighted by atomic mass is 35.5. The minimum absolute atomic E-state index is 0.249. The Hall–Kier alpha value is -3.88. The van der Waals surface area contributed by atoms with Crippen LogP contribution in [0.3, 0.4) is 0 Å². The summed E-state index contributed by atoms with van der Waals surface area (Å²) in [6.45, 7) is 1.78. The van der Waals surface area contributed by atoms with Crippen molar-refractivity contribution < 1.29 is 19.1 Å². The van der Waals surface area contributed by atoms with Crippen LogP contribution < -0.4 is 20.8 Å². The third kappa shape index (κ3) is 8.44. The van der Waals surface area contributed by atoms with E-state index < -0.39 is 17.7 Å². The first kappa shape index (κ1) is 25.7. The van der Waals surface area contributed by atoms with Crippen LogP contribution in [-0.2, 0) is 20.8 Å². The molecule has 0 bridgehead atoms. The predicted molar refractivity (Wildman–Crippen MR) is 137 cm³/mol. The van der Waals surface area contributed by atoms with E-state index in [1.54, 1.807) is 54.6 Å². The van der Waals surface area contributed by atoms with Crippen LogP contribution in [0.25, 0.3) is 0 Å². The normalized spacial score (nSPS) is 10.6. The topological polar surface area (TPSA) is 109 Å². The number of nitrogens with zero attached hydrogens (tertiary/aromatic N) is 1. The van der Waals surface area contributed by atoms with Gasteiger partial charge in [-0.2, -0.15) is 5.10 Å². The summed E-state index contributed by atoms with van der Waals surface area (Å²) >= 11 is 11.8. The summed E-state index contributed by atoms with van der Waals surface area (Å²) in [7, 11) is 0. The first-order valence-electron chi connectivity index (χ1n) is 10.5. The van der Waals surface area contributed by atoms with Gasteiger partial charge in [0.15, 0.2) is 6.61 Å². The number of rotatable bonds is 8. The molecule has 0 heterocycles. The summed E-state index contributed by atoms with van der Waals surface area (Å²) in [5.41, 5.74) is 4.84. The molecule has 3 N–H and O–H groups in total. The van der Waals surface area contributed by atoms with E-state index in [0.29, 0.717) is 32.7 Å². The number of carbonyl (C=O) groups is 3. The monoisotopic (exact) mass is 512 g/mol. The molecule has 0 aliphatic rings. The molecule has 0 aliphatic carbocycles. The molecule has 180 valence electrons. The second kappa shape index (κ2) is 12.5. The quantitative estimate of drug-likeness (QED) is 0.231. The fourth-order valence-corrected chi connectivity index (χ4v) is 3.41. The maximum Gasteiger partial charge on any atom is 0.329 e. The first-order chi connectivity index (χ1) is 16.8. The van der Waals surface area contributed by atoms with E-state index in [4.69, 9.17) is 27.9 Å². The molecule has 3 aromatic rings. The van der Waals surface area contributed by atoms with E-state index in [-0.39, 0.29) is 6.61 Å². The molecular weight excluding hydrogens is 491 g/mol. The van der Waals surface area contributed by atoms with Crippen molar-refractivity contribution in [2.24, 2.45) is 5.10 Å². The standard InChI is InChI=1S/C25H22Cl2N4O4/c1-2-16-6-8-20(9-7-16)30-24(33)25(34)31-28-14-17-4-3-5-22(10-17)35-15-23(32)29-21-12-18(26)11-19(27)13-21/h3-14H,2,15H2,1H3,(H,29,32)(H,30,33)(H,31,34). The number of carbonyl (C=O) groups excluding carboxylic acids is 3. The van der Waals surface area contributed by atoms with E-state index in [1.165, 1.54) is 6.21 Å². The average Bonchev–Trinajstić information content (AvgIpc) is 2.83. The van der Waals surface area contributed by atoms with Crippen LogP contribution in [0, 0.1) is 0 Å². The molecule has 0 atom stereocenters. The number of benzene rings is 3. The molecule has 3 aromatic carbocycles. The zero-order valence-electron chi connectivity index (χ0n) is 18.7. The van der Waals surface area contributed by atoms with Crippen molar-refractivity contribution in [3.8, 4) is 5.75 Å². The molecule has 0 spiro atoms. The predicted octanol–water partition coefficient (Wildman–Crippen LogP) is 4.66. The van der Waals surface area contributed by atoms with Gasteiger partial charge < -0.3 is 15.4 Å². The molecule has 0 radical (unpaired) electrons. The molecule has 0 aromatic heterocycles. The lowest BCUT2D eigenvalue weighted by Crippen LogP contribution is -2.32. The van der Waals surface area contributed by atoms with Gasteiger partial charge in [0.1, 0.15) is 5.75 Å². The van der Waals surface area contributed by atoms with Crippen LogP contribution in [-0.4, -0.2) is 30.5 Å². The van der Waals surface area contributed by atoms with Gasteiger partial charge >= 0.3 is 11.8 Å². The third-order valence-corrected chi connectivity index (χ3v) is 5.02. The molecule has 0 saturated heterocycles. The summed E-state index contributed by atoms with van der Waals surface area (Å²) in [4.78, 5) is 36.1. The largest absolute Gasteiger partial charge is 0.484 e. The van der Waals surface area contributed by atoms with Crippen LogP contribution in [0.2, 0.25) is 10.0 Å². The Bertz CT molecular complexity index is 1230. The second-order valence-corrected chi connectivity index (χ2v) is 8.14. The van der Waals surface area contributed by atoms with Gasteiger partial charge in [0, 0.05) is 21.4 Å². The number of aryl methyl sites for hydroxylation is 1. The van der Waals surface area contributed by atoms with Crippen molar-refractivity contribution in [1.29, 1.82) is 0 Å². The number of hydrogen-bond acceptors (Lipinski definition) is 5. The van der Waals surface area contributed by atoms with Gasteiger partial charge in [-0.1, -0.05) is 54.4 Å². The summed E-state index contributed by atoms with van der Waals surface area (Å²) in [6, 6.07) is 18.6. The Morgan fingerprint density at radius 3 is 2.29 bits per heavy atom. The molecule has 8 nitrogen and oxygen atoms in total. The SMILES string of the molecule is CCc1ccc(NC(=O)C(=O)NN=Cc2cccc(OCC(=O)Nc3cc(Cl)cc(Cl)c3)c2)cc1. The van der Waals surface area contributed by atoms with E-state index in [1.807, 2.05) is 19.1 Å². The number of hydrazone groups is 1. The summed E-state index contributed by atoms with van der Waals surface area (Å²) in [5, 5.41) is 9.74. The number of anilines is 2. The van der Waals surface area contributed by atoms with Crippen LogP contribution in [0.1, 0.15) is 18.1 Å². The van der Waals surface area contributed by atoms with Crippen molar-refractivity contribution >= 4 is 58.5 Å². The molecule has 10 heteroatoms. The molecular formula is C25H22Cl2N4O4. The fraction of sp³-hybridized carbons (Fsp3) is 0.120. The molecule has 0 fully saturated rings. The lowest BCUT2D eigenvalue weighted by molar-refractivity contribution is -0.136. The highest BCUT2D eigenvalue weighted by molar-refractivity contribution is 6.39. The van der Waals surface area contributed by atoms with Gasteiger partial charge in [-0.15, -0.1) is 0 Å². The van der Waals surface area contributed by atoms with Crippen molar-refractivity contribution in [3.05, 3.63) is 87.9 Å². The van der Waals surface area contributed by atoms with Gasteiger partial charge in [-0.05, 0) is 60.0 Å². The Labute approximate surface area is 212 Å². The number of nitrogens with one attached hydrogen (secondary N) is 3. The average molecular weight is 513 g/mol. The molecule has 35 heavy (non-hydrogen) atoms. The van der Waals surface area contributed by atoms with E-state index in [2.05, 4.69) is 21.2 Å². The van der Waals surface area contributed by atoms with E-state index in [0.717, 1.165) is 12.0 Å². The van der Waals surface area contributed by atoms with E-state index in [9.17, 15) is 14.4 Å². The Kier molecular flexibility index (Phi) is 9.23. The fourth-order valence-electron chi connectivity index (χ4n) is 2.88. The zero-order chi connectivity index (χ0) is 25.2. The lowest BCUT2D eigenvalue weighted by Gasteiger charge is -2.09. The van der Waals surface area contributed by atoms with Gasteiger partial charge in [-0.3, -0.25) is 14.4 Å². The highest BCUT2D eigenvalue weighted by Gasteiger charge is 2.12. The maximum absolute atomic E-state index is 12.1. The van der Waals surface area contributed by atoms with Gasteiger partial charge in [0.25, 0.3) is 5.91 Å². The van der Waals surface area contributed by atoms with Crippen LogP contribution in [0.4, 0.5) is 11.4 Å². The number of amides is 3. The summed E-state index contributed by atoms with van der Waals surface area (Å²) in [6.07, 6.45) is 2.23. The van der Waals surface area contributed by atoms with Crippen LogP contribution in [0.5, 0.6) is 5.75 Å². The Morgan fingerprint density at radius 2 is 1.60 bits per heavy atom. The van der Waals surface area contributed by atoms with Crippen LogP contribution >= 0.6 is 23.2 Å².